The lowest BCUT2D eigenvalue weighted by Gasteiger charge is -2.29. The summed E-state index contributed by atoms with van der Waals surface area (Å²) in [6.07, 6.45) is 0. The molecule has 0 bridgehead atoms. The van der Waals surface area contributed by atoms with Crippen LogP contribution in [0.2, 0.25) is 5.15 Å². The summed E-state index contributed by atoms with van der Waals surface area (Å²) in [4.78, 5) is 17.9. The third-order valence-electron chi connectivity index (χ3n) is 3.74. The first-order valence-electron chi connectivity index (χ1n) is 7.42. The zero-order valence-electron chi connectivity index (χ0n) is 12.6. The van der Waals surface area contributed by atoms with Gasteiger partial charge in [-0.05, 0) is 36.4 Å². The van der Waals surface area contributed by atoms with Crippen LogP contribution < -0.4 is 21.3 Å². The molecule has 3 rings (SSSR count). The van der Waals surface area contributed by atoms with Gasteiger partial charge in [-0.3, -0.25) is 4.79 Å². The number of nitrogens with zero attached hydrogens (tertiary/aromatic N) is 2. The van der Waals surface area contributed by atoms with Crippen LogP contribution in [0, 0.1) is 0 Å². The predicted molar refractivity (Wildman–Crippen MR) is 92.6 cm³/mol. The largest absolute Gasteiger partial charge is 0.369 e. The molecule has 2 heterocycles. The highest BCUT2D eigenvalue weighted by molar-refractivity contribution is 6.29. The highest BCUT2D eigenvalue weighted by atomic mass is 35.5. The van der Waals surface area contributed by atoms with Crippen LogP contribution in [-0.2, 0) is 0 Å². The van der Waals surface area contributed by atoms with Gasteiger partial charge in [0.15, 0.2) is 0 Å². The zero-order chi connectivity index (χ0) is 16.2. The van der Waals surface area contributed by atoms with Crippen LogP contribution in [0.25, 0.3) is 0 Å². The van der Waals surface area contributed by atoms with E-state index in [0.717, 1.165) is 31.9 Å². The van der Waals surface area contributed by atoms with E-state index in [9.17, 15) is 4.79 Å². The molecule has 0 aliphatic carbocycles. The number of benzene rings is 1. The van der Waals surface area contributed by atoms with Gasteiger partial charge in [0.2, 0.25) is 0 Å². The van der Waals surface area contributed by atoms with Crippen LogP contribution in [0.3, 0.4) is 0 Å². The molecule has 0 unspecified atom stereocenters. The molecule has 0 radical (unpaired) electrons. The first kappa shape index (κ1) is 15.6. The van der Waals surface area contributed by atoms with E-state index in [0.29, 0.717) is 16.5 Å². The van der Waals surface area contributed by atoms with Gasteiger partial charge < -0.3 is 21.3 Å². The summed E-state index contributed by atoms with van der Waals surface area (Å²) in [6.45, 7) is 3.98. The Morgan fingerprint density at radius 1 is 1.17 bits per heavy atom. The van der Waals surface area contributed by atoms with Crippen LogP contribution in [0.15, 0.2) is 36.4 Å². The van der Waals surface area contributed by atoms with Crippen LogP contribution in [0.4, 0.5) is 17.2 Å². The maximum absolute atomic E-state index is 11.5. The minimum absolute atomic E-state index is 0.301. The van der Waals surface area contributed by atoms with Crippen LogP contribution in [-0.4, -0.2) is 37.1 Å². The maximum atomic E-state index is 11.5. The van der Waals surface area contributed by atoms with Crippen LogP contribution in [0.1, 0.15) is 10.4 Å². The molecule has 4 N–H and O–H groups in total. The van der Waals surface area contributed by atoms with Crippen molar-refractivity contribution >= 4 is 34.7 Å². The first-order valence-corrected chi connectivity index (χ1v) is 7.80. The number of hydrogen-bond acceptors (Lipinski definition) is 5. The highest BCUT2D eigenvalue weighted by Gasteiger charge is 2.12. The smallest absolute Gasteiger partial charge is 0.252 e. The Morgan fingerprint density at radius 2 is 1.87 bits per heavy atom. The molecular formula is C16H18ClN5O. The number of carbonyl (C=O) groups is 1. The Balaban J connectivity index is 1.78. The van der Waals surface area contributed by atoms with Gasteiger partial charge in [0.05, 0.1) is 5.56 Å². The quantitative estimate of drug-likeness (QED) is 0.746. The van der Waals surface area contributed by atoms with Gasteiger partial charge in [0, 0.05) is 37.6 Å². The number of halogens is 1. The number of aromatic nitrogens is 1. The third kappa shape index (κ3) is 3.72. The number of hydrogen-bond donors (Lipinski definition) is 3. The van der Waals surface area contributed by atoms with Crippen molar-refractivity contribution in [3.05, 3.63) is 47.1 Å². The van der Waals surface area contributed by atoms with E-state index in [1.54, 1.807) is 12.1 Å². The topological polar surface area (TPSA) is 83.3 Å². The number of piperazine rings is 1. The molecular weight excluding hydrogens is 314 g/mol. The summed E-state index contributed by atoms with van der Waals surface area (Å²) < 4.78 is 0. The predicted octanol–water partition coefficient (Wildman–Crippen LogP) is 1.99. The van der Waals surface area contributed by atoms with Crippen molar-refractivity contribution in [2.75, 3.05) is 36.4 Å². The number of nitrogens with one attached hydrogen (secondary N) is 2. The van der Waals surface area contributed by atoms with E-state index < -0.39 is 5.91 Å². The lowest BCUT2D eigenvalue weighted by atomic mass is 10.2. The maximum Gasteiger partial charge on any atom is 0.252 e. The number of rotatable bonds is 4. The molecule has 1 fully saturated rings. The summed E-state index contributed by atoms with van der Waals surface area (Å²) in [6, 6.07) is 11.1. The number of primary amides is 1. The number of carbonyl (C=O) groups excluding carboxylic acids is 1. The molecule has 0 atom stereocenters. The standard InChI is InChI=1S/C16H18ClN5O/c17-14-6-5-13(15(18)23)16(21-14)20-11-1-3-12(4-2-11)22-9-7-19-8-10-22/h1-6,19H,7-10H2,(H2,18,23)(H,20,21). The first-order chi connectivity index (χ1) is 11.1. The van der Waals surface area contributed by atoms with Crippen molar-refractivity contribution in [1.82, 2.24) is 10.3 Å². The molecule has 2 aromatic rings. The second kappa shape index (κ2) is 6.85. The summed E-state index contributed by atoms with van der Waals surface area (Å²) in [5.74, 6) is -0.186. The number of amides is 1. The van der Waals surface area contributed by atoms with E-state index in [2.05, 4.69) is 20.5 Å². The Morgan fingerprint density at radius 3 is 2.52 bits per heavy atom. The van der Waals surface area contributed by atoms with E-state index in [1.807, 2.05) is 24.3 Å². The highest BCUT2D eigenvalue weighted by Crippen LogP contribution is 2.23. The number of nitrogens with two attached hydrogens (primary N) is 1. The minimum atomic E-state index is -0.547. The fourth-order valence-corrected chi connectivity index (χ4v) is 2.69. The lowest BCUT2D eigenvalue weighted by Crippen LogP contribution is -2.43. The minimum Gasteiger partial charge on any atom is -0.369 e. The van der Waals surface area contributed by atoms with Gasteiger partial charge in [0.1, 0.15) is 11.0 Å². The summed E-state index contributed by atoms with van der Waals surface area (Å²) >= 11 is 5.90. The van der Waals surface area contributed by atoms with Gasteiger partial charge in [-0.1, -0.05) is 11.6 Å². The zero-order valence-corrected chi connectivity index (χ0v) is 13.3. The average molecular weight is 332 g/mol. The summed E-state index contributed by atoms with van der Waals surface area (Å²) in [5.41, 5.74) is 7.66. The molecule has 0 saturated carbocycles. The van der Waals surface area contributed by atoms with E-state index in [4.69, 9.17) is 17.3 Å². The molecule has 6 nitrogen and oxygen atoms in total. The molecule has 1 aromatic heterocycles. The van der Waals surface area contributed by atoms with Crippen molar-refractivity contribution in [3.63, 3.8) is 0 Å². The van der Waals surface area contributed by atoms with E-state index in [-0.39, 0.29) is 0 Å². The second-order valence-corrected chi connectivity index (χ2v) is 5.69. The lowest BCUT2D eigenvalue weighted by molar-refractivity contribution is 0.100. The fraction of sp³-hybridized carbons (Fsp3) is 0.250. The Bertz CT molecular complexity index is 698. The van der Waals surface area contributed by atoms with Gasteiger partial charge in [-0.15, -0.1) is 0 Å². The van der Waals surface area contributed by atoms with E-state index >= 15 is 0 Å². The van der Waals surface area contributed by atoms with Crippen molar-refractivity contribution in [2.24, 2.45) is 5.73 Å². The van der Waals surface area contributed by atoms with Crippen LogP contribution in [0.5, 0.6) is 0 Å². The van der Waals surface area contributed by atoms with Crippen molar-refractivity contribution in [2.45, 2.75) is 0 Å². The van der Waals surface area contributed by atoms with Crippen molar-refractivity contribution in [1.29, 1.82) is 0 Å². The molecule has 1 aromatic carbocycles. The van der Waals surface area contributed by atoms with Gasteiger partial charge in [-0.2, -0.15) is 0 Å². The Kier molecular flexibility index (Phi) is 4.64. The molecule has 7 heteroatoms. The monoisotopic (exact) mass is 331 g/mol. The van der Waals surface area contributed by atoms with Gasteiger partial charge >= 0.3 is 0 Å². The molecule has 1 saturated heterocycles. The van der Waals surface area contributed by atoms with Gasteiger partial charge in [0.25, 0.3) is 5.91 Å². The molecule has 1 aliphatic rings. The normalized spacial score (nSPS) is 14.6. The fourth-order valence-electron chi connectivity index (χ4n) is 2.54. The molecule has 0 spiro atoms. The SMILES string of the molecule is NC(=O)c1ccc(Cl)nc1Nc1ccc(N2CCNCC2)cc1. The number of anilines is 3. The van der Waals surface area contributed by atoms with E-state index in [1.165, 1.54) is 5.69 Å². The molecule has 1 amide bonds. The number of pyridine rings is 1. The van der Waals surface area contributed by atoms with Gasteiger partial charge in [-0.25, -0.2) is 4.98 Å². The Hall–Kier alpha value is -2.31. The third-order valence-corrected chi connectivity index (χ3v) is 3.95. The molecule has 1 aliphatic heterocycles. The van der Waals surface area contributed by atoms with Crippen LogP contribution >= 0.6 is 11.6 Å². The Labute approximate surface area is 139 Å². The average Bonchev–Trinajstić information content (AvgIpc) is 2.56. The summed E-state index contributed by atoms with van der Waals surface area (Å²) in [5, 5.41) is 6.73. The molecule has 120 valence electrons. The summed E-state index contributed by atoms with van der Waals surface area (Å²) in [7, 11) is 0. The van der Waals surface area contributed by atoms with Crippen molar-refractivity contribution in [3.8, 4) is 0 Å². The molecule has 23 heavy (non-hydrogen) atoms. The van der Waals surface area contributed by atoms with Crippen molar-refractivity contribution < 1.29 is 4.79 Å². The second-order valence-electron chi connectivity index (χ2n) is 5.30.